The number of fused-ring (bicyclic) bond motifs is 1. The maximum absolute atomic E-state index is 10.8. The molecule has 98 valence electrons. The summed E-state index contributed by atoms with van der Waals surface area (Å²) in [7, 11) is 0. The van der Waals surface area contributed by atoms with Crippen LogP contribution in [0.15, 0.2) is 16.7 Å². The minimum Gasteiger partial charge on any atom is -0.476 e. The second-order valence-corrected chi connectivity index (χ2v) is 4.36. The molecule has 3 rings (SSSR count). The van der Waals surface area contributed by atoms with Gasteiger partial charge in [-0.2, -0.15) is 0 Å². The van der Waals surface area contributed by atoms with Crippen molar-refractivity contribution in [3.05, 3.63) is 28.4 Å². The molecule has 6 nitrogen and oxygen atoms in total. The molecular formula is C12H8ClNO5. The van der Waals surface area contributed by atoms with Crippen LogP contribution in [0.5, 0.6) is 11.5 Å². The number of carboxylic acid groups (broad SMARTS) is 1. The summed E-state index contributed by atoms with van der Waals surface area (Å²) in [5.41, 5.74) is 1.16. The maximum atomic E-state index is 10.8. The highest BCUT2D eigenvalue weighted by Gasteiger charge is 2.24. The van der Waals surface area contributed by atoms with E-state index < -0.39 is 5.97 Å². The second kappa shape index (κ2) is 4.17. The minimum absolute atomic E-state index is 0.106. The fourth-order valence-electron chi connectivity index (χ4n) is 1.85. The summed E-state index contributed by atoms with van der Waals surface area (Å²) in [5, 5.41) is 12.7. The molecule has 0 aliphatic carbocycles. The van der Waals surface area contributed by atoms with Gasteiger partial charge in [0.1, 0.15) is 0 Å². The molecule has 1 aliphatic heterocycles. The quantitative estimate of drug-likeness (QED) is 0.911. The van der Waals surface area contributed by atoms with Gasteiger partial charge in [0.15, 0.2) is 23.0 Å². The van der Waals surface area contributed by atoms with Gasteiger partial charge in [0.05, 0.1) is 5.02 Å². The van der Waals surface area contributed by atoms with Crippen LogP contribution in [0.4, 0.5) is 0 Å². The Hall–Kier alpha value is -2.21. The minimum atomic E-state index is -1.15. The zero-order valence-corrected chi connectivity index (χ0v) is 10.5. The largest absolute Gasteiger partial charge is 0.476 e. The fraction of sp³-hybridized carbons (Fsp3) is 0.167. The van der Waals surface area contributed by atoms with E-state index in [2.05, 4.69) is 5.16 Å². The monoisotopic (exact) mass is 281 g/mol. The molecule has 1 aromatic carbocycles. The van der Waals surface area contributed by atoms with E-state index in [1.807, 2.05) is 0 Å². The van der Waals surface area contributed by atoms with Gasteiger partial charge in [0.25, 0.3) is 0 Å². The van der Waals surface area contributed by atoms with Crippen molar-refractivity contribution in [3.8, 4) is 22.8 Å². The summed E-state index contributed by atoms with van der Waals surface area (Å²) in [6.07, 6.45) is 0. The zero-order valence-electron chi connectivity index (χ0n) is 9.77. The van der Waals surface area contributed by atoms with E-state index in [-0.39, 0.29) is 12.5 Å². The number of carbonyl (C=O) groups is 1. The molecule has 0 amide bonds. The van der Waals surface area contributed by atoms with E-state index in [0.29, 0.717) is 33.4 Å². The average Bonchev–Trinajstić information content (AvgIpc) is 3.01. The number of halogens is 1. The first kappa shape index (κ1) is 11.9. The molecule has 7 heteroatoms. The van der Waals surface area contributed by atoms with Gasteiger partial charge in [-0.05, 0) is 18.6 Å². The SMILES string of the molecule is Cc1c(-c2cc(C(=O)O)no2)cc2c(c1Cl)OCO2. The van der Waals surface area contributed by atoms with Crippen molar-refractivity contribution in [2.24, 2.45) is 0 Å². The predicted molar refractivity (Wildman–Crippen MR) is 64.8 cm³/mol. The normalized spacial score (nSPS) is 12.7. The number of hydrogen-bond donors (Lipinski definition) is 1. The first-order valence-corrected chi connectivity index (χ1v) is 5.75. The third-order valence-electron chi connectivity index (χ3n) is 2.84. The van der Waals surface area contributed by atoms with Crippen LogP contribution in [0.2, 0.25) is 5.02 Å². The van der Waals surface area contributed by atoms with Crippen LogP contribution >= 0.6 is 11.6 Å². The Labute approximate surface area is 112 Å². The number of nitrogens with zero attached hydrogens (tertiary/aromatic N) is 1. The summed E-state index contributed by atoms with van der Waals surface area (Å²) < 4.78 is 15.5. The Morgan fingerprint density at radius 2 is 2.21 bits per heavy atom. The summed E-state index contributed by atoms with van der Waals surface area (Å²) in [5.74, 6) is 0.148. The van der Waals surface area contributed by atoms with Crippen LogP contribution in [0, 0.1) is 6.92 Å². The molecule has 0 unspecified atom stereocenters. The van der Waals surface area contributed by atoms with Crippen LogP contribution in [0.1, 0.15) is 16.1 Å². The Morgan fingerprint density at radius 1 is 1.42 bits per heavy atom. The number of aromatic nitrogens is 1. The molecule has 1 N–H and O–H groups in total. The molecular weight excluding hydrogens is 274 g/mol. The first-order chi connectivity index (χ1) is 9.08. The molecule has 2 heterocycles. The van der Waals surface area contributed by atoms with Gasteiger partial charge in [-0.15, -0.1) is 0 Å². The number of carboxylic acids is 1. The van der Waals surface area contributed by atoms with Gasteiger partial charge in [-0.1, -0.05) is 16.8 Å². The maximum Gasteiger partial charge on any atom is 0.358 e. The number of benzene rings is 1. The topological polar surface area (TPSA) is 81.8 Å². The summed E-state index contributed by atoms with van der Waals surface area (Å²) in [6.45, 7) is 1.89. The molecule has 0 saturated carbocycles. The molecule has 0 atom stereocenters. The number of hydrogen-bond acceptors (Lipinski definition) is 5. The lowest BCUT2D eigenvalue weighted by Gasteiger charge is -2.07. The van der Waals surface area contributed by atoms with Gasteiger partial charge >= 0.3 is 5.97 Å². The highest BCUT2D eigenvalue weighted by Crippen LogP contribution is 2.45. The Kier molecular flexibility index (Phi) is 2.60. The molecule has 0 saturated heterocycles. The Balaban J connectivity index is 2.14. The number of rotatable bonds is 2. The highest BCUT2D eigenvalue weighted by molar-refractivity contribution is 6.33. The third kappa shape index (κ3) is 1.80. The van der Waals surface area contributed by atoms with Crippen LogP contribution in [0.25, 0.3) is 11.3 Å². The van der Waals surface area contributed by atoms with E-state index in [1.165, 1.54) is 6.07 Å². The van der Waals surface area contributed by atoms with E-state index >= 15 is 0 Å². The predicted octanol–water partition coefficient (Wildman–Crippen LogP) is 2.73. The number of aromatic carboxylic acids is 1. The smallest absolute Gasteiger partial charge is 0.358 e. The average molecular weight is 282 g/mol. The van der Waals surface area contributed by atoms with Crippen molar-refractivity contribution < 1.29 is 23.9 Å². The van der Waals surface area contributed by atoms with Gasteiger partial charge in [0.2, 0.25) is 6.79 Å². The van der Waals surface area contributed by atoms with Gasteiger partial charge in [0, 0.05) is 11.6 Å². The Bertz CT molecular complexity index is 679. The summed E-state index contributed by atoms with van der Waals surface area (Å²) >= 11 is 6.18. The summed E-state index contributed by atoms with van der Waals surface area (Å²) in [6, 6.07) is 3.03. The molecule has 19 heavy (non-hydrogen) atoms. The second-order valence-electron chi connectivity index (χ2n) is 3.98. The van der Waals surface area contributed by atoms with Gasteiger partial charge < -0.3 is 19.1 Å². The van der Waals surface area contributed by atoms with Crippen molar-refractivity contribution in [2.75, 3.05) is 6.79 Å². The van der Waals surface area contributed by atoms with Crippen molar-refractivity contribution in [2.45, 2.75) is 6.92 Å². The van der Waals surface area contributed by atoms with Crippen LogP contribution in [-0.2, 0) is 0 Å². The first-order valence-electron chi connectivity index (χ1n) is 5.37. The highest BCUT2D eigenvalue weighted by atomic mass is 35.5. The molecule has 0 radical (unpaired) electrons. The molecule has 0 spiro atoms. The van der Waals surface area contributed by atoms with E-state index in [1.54, 1.807) is 13.0 Å². The lowest BCUT2D eigenvalue weighted by Crippen LogP contribution is -1.94. The molecule has 0 bridgehead atoms. The van der Waals surface area contributed by atoms with Crippen LogP contribution < -0.4 is 9.47 Å². The van der Waals surface area contributed by atoms with Gasteiger partial charge in [-0.25, -0.2) is 4.79 Å². The van der Waals surface area contributed by atoms with Crippen LogP contribution in [-0.4, -0.2) is 23.0 Å². The molecule has 1 aromatic heterocycles. The molecule has 1 aliphatic rings. The standard InChI is InChI=1S/C12H8ClNO5/c1-5-6(8-3-7(12(15)16)14-19-8)2-9-11(10(5)13)18-4-17-9/h2-3H,4H2,1H3,(H,15,16). The Morgan fingerprint density at radius 3 is 2.89 bits per heavy atom. The van der Waals surface area contributed by atoms with Crippen molar-refractivity contribution in [1.29, 1.82) is 0 Å². The van der Waals surface area contributed by atoms with Crippen molar-refractivity contribution in [3.63, 3.8) is 0 Å². The number of ether oxygens (including phenoxy) is 2. The lowest BCUT2D eigenvalue weighted by molar-refractivity contribution is 0.0686. The third-order valence-corrected chi connectivity index (χ3v) is 3.30. The fourth-order valence-corrected chi connectivity index (χ4v) is 2.10. The van der Waals surface area contributed by atoms with Crippen molar-refractivity contribution >= 4 is 17.6 Å². The van der Waals surface area contributed by atoms with E-state index in [9.17, 15) is 4.79 Å². The zero-order chi connectivity index (χ0) is 13.6. The van der Waals surface area contributed by atoms with Crippen LogP contribution in [0.3, 0.4) is 0 Å². The van der Waals surface area contributed by atoms with E-state index in [4.69, 9.17) is 30.7 Å². The summed E-state index contributed by atoms with van der Waals surface area (Å²) in [4.78, 5) is 10.8. The molecule has 0 fully saturated rings. The lowest BCUT2D eigenvalue weighted by atomic mass is 10.0. The molecule has 2 aromatic rings. The van der Waals surface area contributed by atoms with E-state index in [0.717, 1.165) is 0 Å². The van der Waals surface area contributed by atoms with Crippen molar-refractivity contribution in [1.82, 2.24) is 5.16 Å². The van der Waals surface area contributed by atoms with Gasteiger partial charge in [-0.3, -0.25) is 0 Å².